The van der Waals surface area contributed by atoms with Crippen LogP contribution in [0.1, 0.15) is 28.2 Å². The molecule has 7 nitrogen and oxygen atoms in total. The van der Waals surface area contributed by atoms with Crippen LogP contribution in [0, 0.1) is 0 Å². The Labute approximate surface area is 154 Å². The van der Waals surface area contributed by atoms with Crippen LogP contribution in [0.5, 0.6) is 5.75 Å². The quantitative estimate of drug-likeness (QED) is 0.615. The zero-order chi connectivity index (χ0) is 20.0. The van der Waals surface area contributed by atoms with Crippen molar-refractivity contribution in [3.8, 4) is 16.9 Å². The third kappa shape index (κ3) is 4.43. The fraction of sp³-hybridized carbons (Fsp3) is 0.222. The Bertz CT molecular complexity index is 898. The summed E-state index contributed by atoms with van der Waals surface area (Å²) in [5, 5.41) is 0. The molecule has 9 heteroatoms. The van der Waals surface area contributed by atoms with E-state index in [4.69, 9.17) is 15.2 Å². The van der Waals surface area contributed by atoms with E-state index in [2.05, 4.69) is 15.0 Å². The van der Waals surface area contributed by atoms with Gasteiger partial charge in [0, 0.05) is 41.8 Å². The van der Waals surface area contributed by atoms with Gasteiger partial charge in [0.2, 0.25) is 0 Å². The molecule has 142 valence electrons. The molecule has 0 radical (unpaired) electrons. The van der Waals surface area contributed by atoms with E-state index in [9.17, 15) is 13.6 Å². The first kappa shape index (κ1) is 20.0. The fourth-order valence-corrected chi connectivity index (χ4v) is 2.29. The lowest BCUT2D eigenvalue weighted by atomic mass is 10.00. The number of methoxy groups -OCH3 is 2. The number of carbonyl (C=O) groups excluding carboxylic acids is 1. The molecule has 2 aromatic heterocycles. The molecule has 0 aliphatic rings. The van der Waals surface area contributed by atoms with Crippen molar-refractivity contribution in [2.24, 2.45) is 10.7 Å². The molecule has 0 saturated carbocycles. The van der Waals surface area contributed by atoms with Crippen LogP contribution < -0.4 is 10.5 Å². The second-order valence-corrected chi connectivity index (χ2v) is 5.25. The van der Waals surface area contributed by atoms with Gasteiger partial charge < -0.3 is 15.2 Å². The summed E-state index contributed by atoms with van der Waals surface area (Å²) in [7, 11) is 4.15. The van der Waals surface area contributed by atoms with Crippen LogP contribution in [0.4, 0.5) is 8.78 Å². The maximum absolute atomic E-state index is 13.1. The summed E-state index contributed by atoms with van der Waals surface area (Å²) in [6, 6.07) is 2.69. The zero-order valence-corrected chi connectivity index (χ0v) is 14.9. The molecule has 0 amide bonds. The van der Waals surface area contributed by atoms with Crippen LogP contribution in [0.25, 0.3) is 16.8 Å². The Kier molecular flexibility index (Phi) is 6.53. The van der Waals surface area contributed by atoms with Crippen LogP contribution in [0.15, 0.2) is 35.6 Å². The van der Waals surface area contributed by atoms with Crippen molar-refractivity contribution in [3.63, 3.8) is 0 Å². The molecule has 0 unspecified atom stereocenters. The highest BCUT2D eigenvalue weighted by molar-refractivity contribution is 5.97. The molecule has 0 bridgehead atoms. The van der Waals surface area contributed by atoms with Crippen LogP contribution in [0.2, 0.25) is 0 Å². The van der Waals surface area contributed by atoms with E-state index in [1.165, 1.54) is 26.6 Å². The SMILES string of the molecule is CN=C/C=C(\N)c1cnc(C(=O)OC)c(-c2cc(C(F)F)ncc2OC)c1. The number of aromatic nitrogens is 2. The first-order valence-corrected chi connectivity index (χ1v) is 7.72. The number of halogens is 2. The number of alkyl halides is 2. The van der Waals surface area contributed by atoms with Crippen molar-refractivity contribution in [2.75, 3.05) is 21.3 Å². The van der Waals surface area contributed by atoms with Crippen molar-refractivity contribution in [1.82, 2.24) is 9.97 Å². The summed E-state index contributed by atoms with van der Waals surface area (Å²) in [6.45, 7) is 0. The normalized spacial score (nSPS) is 11.9. The third-order valence-electron chi connectivity index (χ3n) is 3.63. The lowest BCUT2D eigenvalue weighted by molar-refractivity contribution is 0.0595. The molecule has 0 saturated heterocycles. The standard InChI is InChI=1S/C18H18F2N4O3/c1-22-5-4-13(21)10-6-12(16(24-8-10)18(25)27-3)11-7-14(17(19)20)23-9-15(11)26-2/h4-9,17H,21H2,1-3H3/b13-4-,22-5?. The van der Waals surface area contributed by atoms with Crippen molar-refractivity contribution in [2.45, 2.75) is 6.43 Å². The average Bonchev–Trinajstić information content (AvgIpc) is 2.70. The molecule has 2 heterocycles. The third-order valence-corrected chi connectivity index (χ3v) is 3.63. The Morgan fingerprint density at radius 2 is 1.96 bits per heavy atom. The van der Waals surface area contributed by atoms with E-state index >= 15 is 0 Å². The molecule has 0 aliphatic heterocycles. The monoisotopic (exact) mass is 376 g/mol. The molecule has 2 N–H and O–H groups in total. The summed E-state index contributed by atoms with van der Waals surface area (Å²) in [4.78, 5) is 23.7. The van der Waals surface area contributed by atoms with Crippen LogP contribution in [0.3, 0.4) is 0 Å². The van der Waals surface area contributed by atoms with E-state index in [-0.39, 0.29) is 22.6 Å². The van der Waals surface area contributed by atoms with Crippen LogP contribution in [-0.2, 0) is 4.74 Å². The molecule has 0 spiro atoms. The highest BCUT2D eigenvalue weighted by Gasteiger charge is 2.21. The van der Waals surface area contributed by atoms with Gasteiger partial charge in [0.15, 0.2) is 5.69 Å². The summed E-state index contributed by atoms with van der Waals surface area (Å²) in [6.07, 6.45) is 2.79. The van der Waals surface area contributed by atoms with Gasteiger partial charge in [0.1, 0.15) is 11.4 Å². The summed E-state index contributed by atoms with van der Waals surface area (Å²) < 4.78 is 36.2. The summed E-state index contributed by atoms with van der Waals surface area (Å²) in [5.74, 6) is -0.534. The minimum atomic E-state index is -2.79. The number of hydrogen-bond acceptors (Lipinski definition) is 7. The smallest absolute Gasteiger partial charge is 0.357 e. The van der Waals surface area contributed by atoms with Crippen LogP contribution in [-0.4, -0.2) is 43.4 Å². The Hall–Kier alpha value is -3.36. The number of hydrogen-bond donors (Lipinski definition) is 1. The highest BCUT2D eigenvalue weighted by atomic mass is 19.3. The molecule has 2 aromatic rings. The molecule has 0 aliphatic carbocycles. The van der Waals surface area contributed by atoms with Crippen LogP contribution >= 0.6 is 0 Å². The highest BCUT2D eigenvalue weighted by Crippen LogP contribution is 2.35. The van der Waals surface area contributed by atoms with E-state index in [1.807, 2.05) is 0 Å². The lowest BCUT2D eigenvalue weighted by Crippen LogP contribution is -2.09. The lowest BCUT2D eigenvalue weighted by Gasteiger charge is -2.14. The van der Waals surface area contributed by atoms with Gasteiger partial charge in [-0.3, -0.25) is 9.98 Å². The largest absolute Gasteiger partial charge is 0.494 e. The predicted molar refractivity (Wildman–Crippen MR) is 96.9 cm³/mol. The molecular weight excluding hydrogens is 358 g/mol. The van der Waals surface area contributed by atoms with E-state index < -0.39 is 18.1 Å². The predicted octanol–water partition coefficient (Wildman–Crippen LogP) is 2.88. The second-order valence-electron chi connectivity index (χ2n) is 5.25. The molecule has 2 rings (SSSR count). The number of aliphatic imine (C=N–C) groups is 1. The second kappa shape index (κ2) is 8.84. The van der Waals surface area contributed by atoms with E-state index in [0.29, 0.717) is 11.3 Å². The molecule has 0 atom stereocenters. The average molecular weight is 376 g/mol. The van der Waals surface area contributed by atoms with Gasteiger partial charge in [0.05, 0.1) is 20.4 Å². The van der Waals surface area contributed by atoms with Gasteiger partial charge in [-0.2, -0.15) is 0 Å². The Balaban J connectivity index is 2.75. The first-order chi connectivity index (χ1) is 12.9. The maximum atomic E-state index is 13.1. The van der Waals surface area contributed by atoms with E-state index in [1.54, 1.807) is 19.2 Å². The summed E-state index contributed by atoms with van der Waals surface area (Å²) in [5.41, 5.74) is 6.69. The minimum absolute atomic E-state index is 0.0667. The number of nitrogens with zero attached hydrogens (tertiary/aromatic N) is 3. The van der Waals surface area contributed by atoms with Gasteiger partial charge in [-0.1, -0.05) is 0 Å². The maximum Gasteiger partial charge on any atom is 0.357 e. The van der Waals surface area contributed by atoms with Gasteiger partial charge in [-0.15, -0.1) is 0 Å². The van der Waals surface area contributed by atoms with Crippen molar-refractivity contribution in [3.05, 3.63) is 47.6 Å². The zero-order valence-electron chi connectivity index (χ0n) is 14.9. The van der Waals surface area contributed by atoms with Gasteiger partial charge >= 0.3 is 5.97 Å². The molecular formula is C18H18F2N4O3. The first-order valence-electron chi connectivity index (χ1n) is 7.72. The molecule has 27 heavy (non-hydrogen) atoms. The molecule has 0 aromatic carbocycles. The van der Waals surface area contributed by atoms with Crippen molar-refractivity contribution < 1.29 is 23.0 Å². The minimum Gasteiger partial charge on any atom is -0.494 e. The number of nitrogens with two attached hydrogens (primary N) is 1. The number of rotatable bonds is 6. The summed E-state index contributed by atoms with van der Waals surface area (Å²) >= 11 is 0. The number of pyridine rings is 2. The van der Waals surface area contributed by atoms with Gasteiger partial charge in [-0.25, -0.2) is 18.6 Å². The number of esters is 1. The number of ether oxygens (including phenoxy) is 2. The van der Waals surface area contributed by atoms with E-state index in [0.717, 1.165) is 12.3 Å². The van der Waals surface area contributed by atoms with Gasteiger partial charge in [0.25, 0.3) is 6.43 Å². The number of allylic oxidation sites excluding steroid dienone is 1. The van der Waals surface area contributed by atoms with Crippen molar-refractivity contribution in [1.29, 1.82) is 0 Å². The number of carbonyl (C=O) groups is 1. The van der Waals surface area contributed by atoms with Gasteiger partial charge in [-0.05, 0) is 18.2 Å². The Morgan fingerprint density at radius 3 is 2.56 bits per heavy atom. The van der Waals surface area contributed by atoms with Crippen molar-refractivity contribution >= 4 is 17.9 Å². The topological polar surface area (TPSA) is 99.7 Å². The molecule has 0 fully saturated rings. The Morgan fingerprint density at radius 1 is 1.22 bits per heavy atom. The fourth-order valence-electron chi connectivity index (χ4n) is 2.29.